The Labute approximate surface area is 162 Å². The Bertz CT molecular complexity index is 914. The molecule has 1 aromatic carbocycles. The zero-order valence-corrected chi connectivity index (χ0v) is 16.3. The van der Waals surface area contributed by atoms with E-state index in [4.69, 9.17) is 9.72 Å². The van der Waals surface area contributed by atoms with Crippen LogP contribution in [-0.2, 0) is 17.8 Å². The maximum atomic E-state index is 12.3. The van der Waals surface area contributed by atoms with E-state index in [1.54, 1.807) is 0 Å². The fourth-order valence-electron chi connectivity index (χ4n) is 3.41. The standard InChI is InChI=1S/C20H24N4O2S/c1-2-7-24-17-6-5-15(21-20(25)18-4-3-12-27-18)13-16(17)22-19(24)14-23-8-10-26-11-9-23/h3-6,12-13H,2,7-11,14H2,1H3,(H,21,25). The van der Waals surface area contributed by atoms with Crippen molar-refractivity contribution in [2.75, 3.05) is 31.6 Å². The number of anilines is 1. The van der Waals surface area contributed by atoms with Crippen LogP contribution < -0.4 is 5.32 Å². The fourth-order valence-corrected chi connectivity index (χ4v) is 4.03. The molecule has 7 heteroatoms. The van der Waals surface area contributed by atoms with E-state index < -0.39 is 0 Å². The van der Waals surface area contributed by atoms with E-state index in [2.05, 4.69) is 27.8 Å². The van der Waals surface area contributed by atoms with Crippen molar-refractivity contribution in [2.24, 2.45) is 0 Å². The summed E-state index contributed by atoms with van der Waals surface area (Å²) < 4.78 is 7.75. The van der Waals surface area contributed by atoms with Crippen LogP contribution in [0.25, 0.3) is 11.0 Å². The second-order valence-corrected chi connectivity index (χ2v) is 7.65. The van der Waals surface area contributed by atoms with Crippen LogP contribution in [0.15, 0.2) is 35.7 Å². The number of ether oxygens (including phenoxy) is 1. The number of rotatable bonds is 6. The van der Waals surface area contributed by atoms with Crippen molar-refractivity contribution < 1.29 is 9.53 Å². The summed E-state index contributed by atoms with van der Waals surface area (Å²) in [5.74, 6) is 1.00. The lowest BCUT2D eigenvalue weighted by atomic mass is 10.2. The number of amides is 1. The molecule has 0 radical (unpaired) electrons. The van der Waals surface area contributed by atoms with Crippen molar-refractivity contribution in [3.63, 3.8) is 0 Å². The molecular formula is C20H24N4O2S. The third kappa shape index (κ3) is 4.05. The minimum absolute atomic E-state index is 0.0779. The number of fused-ring (bicyclic) bond motifs is 1. The van der Waals surface area contributed by atoms with Crippen LogP contribution in [0.1, 0.15) is 28.8 Å². The third-order valence-corrected chi connectivity index (χ3v) is 5.61. The van der Waals surface area contributed by atoms with Crippen LogP contribution in [0, 0.1) is 0 Å². The molecule has 1 N–H and O–H groups in total. The van der Waals surface area contributed by atoms with Gasteiger partial charge in [0.25, 0.3) is 5.91 Å². The van der Waals surface area contributed by atoms with E-state index in [1.165, 1.54) is 11.3 Å². The molecule has 4 rings (SSSR count). The Kier molecular flexibility index (Phi) is 5.52. The molecule has 1 fully saturated rings. The van der Waals surface area contributed by atoms with Gasteiger partial charge in [0, 0.05) is 25.3 Å². The predicted octanol–water partition coefficient (Wildman–Crippen LogP) is 3.59. The van der Waals surface area contributed by atoms with Crippen LogP contribution >= 0.6 is 11.3 Å². The van der Waals surface area contributed by atoms with Gasteiger partial charge in [-0.05, 0) is 36.1 Å². The summed E-state index contributed by atoms with van der Waals surface area (Å²) in [7, 11) is 0. The minimum atomic E-state index is -0.0779. The number of hydrogen-bond acceptors (Lipinski definition) is 5. The predicted molar refractivity (Wildman–Crippen MR) is 108 cm³/mol. The first kappa shape index (κ1) is 18.2. The monoisotopic (exact) mass is 384 g/mol. The molecule has 0 aliphatic carbocycles. The highest BCUT2D eigenvalue weighted by Gasteiger charge is 2.17. The molecule has 0 spiro atoms. The molecule has 0 saturated carbocycles. The number of nitrogens with one attached hydrogen (secondary N) is 1. The van der Waals surface area contributed by atoms with Crippen LogP contribution in [0.3, 0.4) is 0 Å². The van der Waals surface area contributed by atoms with E-state index >= 15 is 0 Å². The number of benzene rings is 1. The largest absolute Gasteiger partial charge is 0.379 e. The quantitative estimate of drug-likeness (QED) is 0.706. The average Bonchev–Trinajstić information content (AvgIpc) is 3.32. The average molecular weight is 385 g/mol. The first-order chi connectivity index (χ1) is 13.2. The number of nitrogens with zero attached hydrogens (tertiary/aromatic N) is 3. The van der Waals surface area contributed by atoms with Crippen molar-refractivity contribution >= 4 is 34.0 Å². The highest BCUT2D eigenvalue weighted by Crippen LogP contribution is 2.23. The smallest absolute Gasteiger partial charge is 0.265 e. The van der Waals surface area contributed by atoms with Gasteiger partial charge in [0.2, 0.25) is 0 Å². The van der Waals surface area contributed by atoms with Crippen LogP contribution in [0.2, 0.25) is 0 Å². The van der Waals surface area contributed by atoms with Gasteiger partial charge in [-0.15, -0.1) is 11.3 Å². The summed E-state index contributed by atoms with van der Waals surface area (Å²) in [4.78, 5) is 20.3. The Morgan fingerprint density at radius 2 is 2.15 bits per heavy atom. The van der Waals surface area contributed by atoms with Crippen molar-refractivity contribution in [3.05, 3.63) is 46.4 Å². The van der Waals surface area contributed by atoms with E-state index in [9.17, 15) is 4.79 Å². The van der Waals surface area contributed by atoms with E-state index in [0.29, 0.717) is 4.88 Å². The fraction of sp³-hybridized carbons (Fsp3) is 0.400. The Morgan fingerprint density at radius 1 is 1.30 bits per heavy atom. The Balaban J connectivity index is 1.59. The number of thiophene rings is 1. The first-order valence-electron chi connectivity index (χ1n) is 9.38. The number of aryl methyl sites for hydroxylation is 1. The Morgan fingerprint density at radius 3 is 2.89 bits per heavy atom. The van der Waals surface area contributed by atoms with Gasteiger partial charge in [0.15, 0.2) is 0 Å². The molecule has 3 heterocycles. The zero-order valence-electron chi connectivity index (χ0n) is 15.5. The summed E-state index contributed by atoms with van der Waals surface area (Å²) in [6, 6.07) is 9.70. The molecule has 0 atom stereocenters. The maximum Gasteiger partial charge on any atom is 0.265 e. The second kappa shape index (κ2) is 8.21. The van der Waals surface area contributed by atoms with Crippen LogP contribution in [0.5, 0.6) is 0 Å². The molecule has 1 saturated heterocycles. The first-order valence-corrected chi connectivity index (χ1v) is 10.3. The number of aromatic nitrogens is 2. The maximum absolute atomic E-state index is 12.3. The highest BCUT2D eigenvalue weighted by atomic mass is 32.1. The minimum Gasteiger partial charge on any atom is -0.379 e. The van der Waals surface area contributed by atoms with Gasteiger partial charge < -0.3 is 14.6 Å². The lowest BCUT2D eigenvalue weighted by Gasteiger charge is -2.26. The third-order valence-electron chi connectivity index (χ3n) is 4.75. The normalized spacial score (nSPS) is 15.3. The molecule has 0 unspecified atom stereocenters. The number of carbonyl (C=O) groups is 1. The summed E-state index contributed by atoms with van der Waals surface area (Å²) in [5.41, 5.74) is 2.82. The van der Waals surface area contributed by atoms with Crippen molar-refractivity contribution in [1.82, 2.24) is 14.5 Å². The van der Waals surface area contributed by atoms with Gasteiger partial charge in [0.05, 0.1) is 35.7 Å². The van der Waals surface area contributed by atoms with E-state index in [0.717, 1.165) is 68.4 Å². The van der Waals surface area contributed by atoms with E-state index in [-0.39, 0.29) is 5.91 Å². The number of imidazole rings is 1. The molecule has 142 valence electrons. The summed E-state index contributed by atoms with van der Waals surface area (Å²) in [6.07, 6.45) is 1.05. The molecule has 1 amide bonds. The Hall–Kier alpha value is -2.22. The lowest BCUT2D eigenvalue weighted by Crippen LogP contribution is -2.36. The van der Waals surface area contributed by atoms with Gasteiger partial charge in [-0.2, -0.15) is 0 Å². The molecule has 1 aliphatic heterocycles. The molecule has 2 aromatic heterocycles. The van der Waals surface area contributed by atoms with Gasteiger partial charge in [-0.25, -0.2) is 4.98 Å². The summed E-state index contributed by atoms with van der Waals surface area (Å²) in [5, 5.41) is 4.88. The zero-order chi connectivity index (χ0) is 18.6. The van der Waals surface area contributed by atoms with Crippen molar-refractivity contribution in [3.8, 4) is 0 Å². The van der Waals surface area contributed by atoms with Crippen LogP contribution in [-0.4, -0.2) is 46.7 Å². The molecule has 6 nitrogen and oxygen atoms in total. The molecule has 27 heavy (non-hydrogen) atoms. The van der Waals surface area contributed by atoms with Crippen molar-refractivity contribution in [2.45, 2.75) is 26.4 Å². The number of hydrogen-bond donors (Lipinski definition) is 1. The van der Waals surface area contributed by atoms with Gasteiger partial charge >= 0.3 is 0 Å². The highest BCUT2D eigenvalue weighted by molar-refractivity contribution is 7.12. The summed E-state index contributed by atoms with van der Waals surface area (Å²) >= 11 is 1.44. The molecule has 1 aliphatic rings. The lowest BCUT2D eigenvalue weighted by molar-refractivity contribution is 0.0326. The molecule has 3 aromatic rings. The van der Waals surface area contributed by atoms with Gasteiger partial charge in [0.1, 0.15) is 5.82 Å². The van der Waals surface area contributed by atoms with Crippen LogP contribution in [0.4, 0.5) is 5.69 Å². The van der Waals surface area contributed by atoms with Gasteiger partial charge in [-0.3, -0.25) is 9.69 Å². The molecular weight excluding hydrogens is 360 g/mol. The number of morpholine rings is 1. The molecule has 0 bridgehead atoms. The van der Waals surface area contributed by atoms with Crippen molar-refractivity contribution in [1.29, 1.82) is 0 Å². The summed E-state index contributed by atoms with van der Waals surface area (Å²) in [6.45, 7) is 7.40. The van der Waals surface area contributed by atoms with Gasteiger partial charge in [-0.1, -0.05) is 13.0 Å². The number of carbonyl (C=O) groups excluding carboxylic acids is 1. The second-order valence-electron chi connectivity index (χ2n) is 6.70. The topological polar surface area (TPSA) is 59.4 Å². The SMILES string of the molecule is CCCn1c(CN2CCOCC2)nc2cc(NC(=O)c3cccs3)ccc21. The van der Waals surface area contributed by atoms with E-state index in [1.807, 2.05) is 29.6 Å².